The molecule has 0 amide bonds. The molecule has 1 atom stereocenters. The van der Waals surface area contributed by atoms with Crippen molar-refractivity contribution in [2.75, 3.05) is 6.54 Å². The predicted molar refractivity (Wildman–Crippen MR) is 102 cm³/mol. The molecule has 3 nitrogen and oxygen atoms in total. The first-order valence-electron chi connectivity index (χ1n) is 8.92. The van der Waals surface area contributed by atoms with Gasteiger partial charge in [-0.25, -0.2) is 4.98 Å². The zero-order valence-electron chi connectivity index (χ0n) is 15.1. The van der Waals surface area contributed by atoms with E-state index in [-0.39, 0.29) is 6.10 Å². The van der Waals surface area contributed by atoms with Crippen molar-refractivity contribution in [2.24, 2.45) is 0 Å². The Morgan fingerprint density at radius 3 is 2.72 bits per heavy atom. The van der Waals surface area contributed by atoms with Gasteiger partial charge in [0.25, 0.3) is 0 Å². The van der Waals surface area contributed by atoms with Crippen LogP contribution in [0, 0.1) is 13.8 Å². The third kappa shape index (κ3) is 3.38. The minimum absolute atomic E-state index is 0.126. The summed E-state index contributed by atoms with van der Waals surface area (Å²) >= 11 is 0. The Labute approximate surface area is 149 Å². The van der Waals surface area contributed by atoms with E-state index in [1.54, 1.807) is 0 Å². The van der Waals surface area contributed by atoms with Crippen molar-refractivity contribution in [3.8, 4) is 5.88 Å². The van der Waals surface area contributed by atoms with Gasteiger partial charge < -0.3 is 4.74 Å². The second-order valence-corrected chi connectivity index (χ2v) is 7.19. The Hall–Kier alpha value is -2.39. The predicted octanol–water partition coefficient (Wildman–Crippen LogP) is 4.63. The van der Waals surface area contributed by atoms with Crippen LogP contribution >= 0.6 is 0 Å². The highest BCUT2D eigenvalue weighted by Gasteiger charge is 2.22. The Kier molecular flexibility index (Phi) is 4.18. The van der Waals surface area contributed by atoms with Gasteiger partial charge in [-0.2, -0.15) is 0 Å². The molecule has 0 fully saturated rings. The lowest BCUT2D eigenvalue weighted by molar-refractivity contribution is 0.153. The molecule has 0 aliphatic carbocycles. The van der Waals surface area contributed by atoms with Gasteiger partial charge in [-0.05, 0) is 44.0 Å². The number of benzene rings is 2. The first-order chi connectivity index (χ1) is 12.1. The van der Waals surface area contributed by atoms with E-state index in [1.807, 2.05) is 0 Å². The molecule has 0 bridgehead atoms. The highest BCUT2D eigenvalue weighted by Crippen LogP contribution is 2.29. The maximum Gasteiger partial charge on any atom is 0.218 e. The first kappa shape index (κ1) is 16.1. The number of aryl methyl sites for hydroxylation is 2. The molecule has 3 aromatic rings. The molecule has 0 saturated carbocycles. The van der Waals surface area contributed by atoms with Gasteiger partial charge in [0, 0.05) is 30.6 Å². The van der Waals surface area contributed by atoms with Crippen molar-refractivity contribution in [1.82, 2.24) is 9.88 Å². The molecule has 4 rings (SSSR count). The van der Waals surface area contributed by atoms with Crippen molar-refractivity contribution in [2.45, 2.75) is 40.0 Å². The smallest absolute Gasteiger partial charge is 0.218 e. The average molecular weight is 332 g/mol. The molecule has 2 heterocycles. The fourth-order valence-corrected chi connectivity index (χ4v) is 3.75. The second kappa shape index (κ2) is 6.49. The van der Waals surface area contributed by atoms with Crippen LogP contribution in [0.25, 0.3) is 10.9 Å². The topological polar surface area (TPSA) is 25.4 Å². The molecule has 3 heteroatoms. The van der Waals surface area contributed by atoms with E-state index in [0.717, 1.165) is 31.0 Å². The van der Waals surface area contributed by atoms with Crippen molar-refractivity contribution < 1.29 is 4.74 Å². The summed E-state index contributed by atoms with van der Waals surface area (Å²) in [5, 5.41) is 1.20. The van der Waals surface area contributed by atoms with Crippen LogP contribution in [0.15, 0.2) is 48.5 Å². The van der Waals surface area contributed by atoms with Gasteiger partial charge in [0.15, 0.2) is 0 Å². The number of fused-ring (bicyclic) bond motifs is 2. The van der Waals surface area contributed by atoms with E-state index < -0.39 is 0 Å². The van der Waals surface area contributed by atoms with Gasteiger partial charge in [0.05, 0.1) is 5.52 Å². The van der Waals surface area contributed by atoms with Crippen LogP contribution in [-0.4, -0.2) is 22.5 Å². The summed E-state index contributed by atoms with van der Waals surface area (Å²) in [4.78, 5) is 7.31. The third-order valence-electron chi connectivity index (χ3n) is 4.76. The highest BCUT2D eigenvalue weighted by molar-refractivity contribution is 5.84. The zero-order chi connectivity index (χ0) is 17.4. The quantitative estimate of drug-likeness (QED) is 0.684. The summed E-state index contributed by atoms with van der Waals surface area (Å²) in [6.45, 7) is 9.08. The monoisotopic (exact) mass is 332 g/mol. The number of nitrogens with zero attached hydrogens (tertiary/aromatic N) is 2. The fraction of sp³-hybridized carbons (Fsp3) is 0.318. The summed E-state index contributed by atoms with van der Waals surface area (Å²) in [6, 6.07) is 17.3. The SMILES string of the molecule is Cc1cc(C)c2nc3c(cc2c1)CN(Cc1ccccc1)C[C@H](C)O3. The van der Waals surface area contributed by atoms with Crippen LogP contribution in [0.2, 0.25) is 0 Å². The molecule has 128 valence electrons. The minimum Gasteiger partial charge on any atom is -0.473 e. The molecule has 0 unspecified atom stereocenters. The summed E-state index contributed by atoms with van der Waals surface area (Å²) in [5.41, 5.74) is 6.04. The summed E-state index contributed by atoms with van der Waals surface area (Å²) < 4.78 is 6.17. The Morgan fingerprint density at radius 2 is 1.92 bits per heavy atom. The molecule has 1 aliphatic rings. The van der Waals surface area contributed by atoms with Gasteiger partial charge >= 0.3 is 0 Å². The largest absolute Gasteiger partial charge is 0.473 e. The average Bonchev–Trinajstić information content (AvgIpc) is 2.71. The van der Waals surface area contributed by atoms with Crippen LogP contribution in [0.3, 0.4) is 0 Å². The Morgan fingerprint density at radius 1 is 1.12 bits per heavy atom. The molecule has 0 radical (unpaired) electrons. The lowest BCUT2D eigenvalue weighted by atomic mass is 10.0. The van der Waals surface area contributed by atoms with Crippen molar-refractivity contribution in [3.05, 3.63) is 70.8 Å². The van der Waals surface area contributed by atoms with Gasteiger partial charge in [-0.15, -0.1) is 0 Å². The fourth-order valence-electron chi connectivity index (χ4n) is 3.75. The molecule has 1 aliphatic heterocycles. The molecule has 0 spiro atoms. The van der Waals surface area contributed by atoms with E-state index in [1.165, 1.54) is 27.6 Å². The molecule has 0 N–H and O–H groups in total. The Balaban J connectivity index is 1.71. The van der Waals surface area contributed by atoms with Crippen LogP contribution in [0.4, 0.5) is 0 Å². The van der Waals surface area contributed by atoms with E-state index >= 15 is 0 Å². The zero-order valence-corrected chi connectivity index (χ0v) is 15.1. The van der Waals surface area contributed by atoms with Gasteiger partial charge in [-0.3, -0.25) is 4.90 Å². The van der Waals surface area contributed by atoms with Crippen molar-refractivity contribution >= 4 is 10.9 Å². The third-order valence-corrected chi connectivity index (χ3v) is 4.76. The Bertz CT molecular complexity index is 905. The van der Waals surface area contributed by atoms with Gasteiger partial charge in [0.2, 0.25) is 5.88 Å². The molecule has 1 aromatic heterocycles. The highest BCUT2D eigenvalue weighted by atomic mass is 16.5. The maximum absolute atomic E-state index is 6.17. The molecule has 0 saturated heterocycles. The summed E-state index contributed by atoms with van der Waals surface area (Å²) in [6.07, 6.45) is 0.126. The first-order valence-corrected chi connectivity index (χ1v) is 8.92. The lowest BCUT2D eigenvalue weighted by Gasteiger charge is -2.21. The van der Waals surface area contributed by atoms with E-state index in [2.05, 4.69) is 74.2 Å². The van der Waals surface area contributed by atoms with Crippen LogP contribution in [0.1, 0.15) is 29.2 Å². The van der Waals surface area contributed by atoms with Crippen molar-refractivity contribution in [3.63, 3.8) is 0 Å². The van der Waals surface area contributed by atoms with Crippen LogP contribution in [-0.2, 0) is 13.1 Å². The summed E-state index contributed by atoms with van der Waals surface area (Å²) in [5.74, 6) is 0.794. The molecular weight excluding hydrogens is 308 g/mol. The summed E-state index contributed by atoms with van der Waals surface area (Å²) in [7, 11) is 0. The van der Waals surface area contributed by atoms with Crippen LogP contribution in [0.5, 0.6) is 5.88 Å². The number of hydrogen-bond donors (Lipinski definition) is 0. The second-order valence-electron chi connectivity index (χ2n) is 7.19. The molecule has 2 aromatic carbocycles. The van der Waals surface area contributed by atoms with Gasteiger partial charge in [-0.1, -0.05) is 42.0 Å². The van der Waals surface area contributed by atoms with E-state index in [9.17, 15) is 0 Å². The van der Waals surface area contributed by atoms with Crippen molar-refractivity contribution in [1.29, 1.82) is 0 Å². The van der Waals surface area contributed by atoms with Gasteiger partial charge in [0.1, 0.15) is 6.10 Å². The number of hydrogen-bond acceptors (Lipinski definition) is 3. The molecular formula is C22H24N2O. The van der Waals surface area contributed by atoms with E-state index in [0.29, 0.717) is 0 Å². The lowest BCUT2D eigenvalue weighted by Crippen LogP contribution is -2.30. The number of pyridine rings is 1. The van der Waals surface area contributed by atoms with Crippen LogP contribution < -0.4 is 4.74 Å². The minimum atomic E-state index is 0.126. The standard InChI is InChI=1S/C22H24N2O/c1-15-9-16(2)21-19(10-15)11-20-14-24(12-17(3)25-22(20)23-21)13-18-7-5-4-6-8-18/h4-11,17H,12-14H2,1-3H3/t17-/m0/s1. The maximum atomic E-state index is 6.17. The number of aromatic nitrogens is 1. The number of ether oxygens (including phenoxy) is 1. The normalized spacial score (nSPS) is 17.8. The van der Waals surface area contributed by atoms with E-state index in [4.69, 9.17) is 9.72 Å². The molecule has 25 heavy (non-hydrogen) atoms. The number of rotatable bonds is 2.